The molecule has 3 heterocycles. The first-order valence-electron chi connectivity index (χ1n) is 10.8. The van der Waals surface area contributed by atoms with Crippen LogP contribution in [0.5, 0.6) is 0 Å². The van der Waals surface area contributed by atoms with Gasteiger partial charge in [-0.15, -0.1) is 11.3 Å². The lowest BCUT2D eigenvalue weighted by molar-refractivity contribution is -0.131. The van der Waals surface area contributed by atoms with Gasteiger partial charge in [0, 0.05) is 17.5 Å². The van der Waals surface area contributed by atoms with Gasteiger partial charge >= 0.3 is 0 Å². The van der Waals surface area contributed by atoms with Crippen molar-refractivity contribution >= 4 is 39.2 Å². The summed E-state index contributed by atoms with van der Waals surface area (Å²) in [6, 6.07) is 6.25. The van der Waals surface area contributed by atoms with E-state index in [-0.39, 0.29) is 23.3 Å². The molecule has 5 nitrogen and oxygen atoms in total. The summed E-state index contributed by atoms with van der Waals surface area (Å²) < 4.78 is 1.71. The van der Waals surface area contributed by atoms with Crippen LogP contribution in [0.2, 0.25) is 0 Å². The number of hydrogen-bond acceptors (Lipinski definition) is 5. The van der Waals surface area contributed by atoms with Crippen molar-refractivity contribution in [2.24, 2.45) is 0 Å². The molecule has 0 saturated carbocycles. The fourth-order valence-corrected chi connectivity index (χ4v) is 6.20. The number of nitrogens with zero attached hydrogens (tertiary/aromatic N) is 3. The zero-order chi connectivity index (χ0) is 22.3. The van der Waals surface area contributed by atoms with Crippen molar-refractivity contribution in [3.05, 3.63) is 50.1 Å². The normalized spacial score (nSPS) is 16.8. The number of thiophene rings is 1. The van der Waals surface area contributed by atoms with Crippen molar-refractivity contribution in [3.63, 3.8) is 0 Å². The van der Waals surface area contributed by atoms with Crippen molar-refractivity contribution in [1.29, 1.82) is 0 Å². The number of carbonyl (C=O) groups excluding carboxylic acids is 1. The maximum atomic E-state index is 13.7. The Morgan fingerprint density at radius 1 is 1.19 bits per heavy atom. The van der Waals surface area contributed by atoms with E-state index in [0.29, 0.717) is 10.5 Å². The Balaban J connectivity index is 1.79. The minimum atomic E-state index is -0.0539. The van der Waals surface area contributed by atoms with Crippen LogP contribution in [0.1, 0.15) is 47.8 Å². The van der Waals surface area contributed by atoms with Crippen molar-refractivity contribution in [1.82, 2.24) is 14.5 Å². The van der Waals surface area contributed by atoms with E-state index in [4.69, 9.17) is 4.98 Å². The van der Waals surface area contributed by atoms with Crippen molar-refractivity contribution in [2.45, 2.75) is 65.1 Å². The zero-order valence-electron chi connectivity index (χ0n) is 18.8. The first kappa shape index (κ1) is 22.1. The predicted octanol–water partition coefficient (Wildman–Crippen LogP) is 5.17. The summed E-state index contributed by atoms with van der Waals surface area (Å²) in [6.07, 6.45) is 3.30. The topological polar surface area (TPSA) is 55.2 Å². The smallest absolute Gasteiger partial charge is 0.267 e. The summed E-state index contributed by atoms with van der Waals surface area (Å²) in [6.45, 7) is 11.0. The van der Waals surface area contributed by atoms with Crippen molar-refractivity contribution in [3.8, 4) is 5.69 Å². The number of amides is 1. The van der Waals surface area contributed by atoms with Gasteiger partial charge in [-0.25, -0.2) is 4.98 Å². The number of likely N-dealkylation sites (tertiary alicyclic amines) is 1. The molecular weight excluding hydrogens is 426 g/mol. The Bertz CT molecular complexity index is 1210. The molecular formula is C24H29N3O2S2. The summed E-state index contributed by atoms with van der Waals surface area (Å²) in [7, 11) is 0. The molecule has 1 aliphatic heterocycles. The molecule has 0 aliphatic carbocycles. The number of thioether (sulfide) groups is 1. The standard InChI is InChI=1S/C24H29N3O2S2/c1-14-9-8-11-19(16(14)3)27-23(29)21-17(4)18(5)31-22(21)25-24(27)30-13-20(28)26-12-7-6-10-15(26)2/h8-9,11,15H,6-7,10,12-13H2,1-5H3. The van der Waals surface area contributed by atoms with Gasteiger partial charge in [-0.1, -0.05) is 23.9 Å². The lowest BCUT2D eigenvalue weighted by Gasteiger charge is -2.33. The first-order chi connectivity index (χ1) is 14.8. The Morgan fingerprint density at radius 2 is 1.97 bits per heavy atom. The van der Waals surface area contributed by atoms with Gasteiger partial charge in [-0.05, 0) is 76.6 Å². The van der Waals surface area contributed by atoms with Crippen LogP contribution in [0.4, 0.5) is 0 Å². The molecule has 0 bridgehead atoms. The number of benzene rings is 1. The molecule has 2 aromatic heterocycles. The summed E-state index contributed by atoms with van der Waals surface area (Å²) in [4.78, 5) is 35.3. The molecule has 1 fully saturated rings. The largest absolute Gasteiger partial charge is 0.339 e. The van der Waals surface area contributed by atoms with Crippen LogP contribution in [0.3, 0.4) is 0 Å². The molecule has 164 valence electrons. The molecule has 1 unspecified atom stereocenters. The van der Waals surface area contributed by atoms with Gasteiger partial charge in [0.25, 0.3) is 5.56 Å². The van der Waals surface area contributed by atoms with Crippen LogP contribution in [-0.4, -0.2) is 38.7 Å². The van der Waals surface area contributed by atoms with E-state index < -0.39 is 0 Å². The molecule has 31 heavy (non-hydrogen) atoms. The second-order valence-electron chi connectivity index (χ2n) is 8.44. The minimum absolute atomic E-state index is 0.0539. The Hall–Kier alpha value is -2.12. The number of carbonyl (C=O) groups is 1. The summed E-state index contributed by atoms with van der Waals surface area (Å²) in [5, 5.41) is 1.27. The quantitative estimate of drug-likeness (QED) is 0.402. The fraction of sp³-hybridized carbons (Fsp3) is 0.458. The molecule has 1 saturated heterocycles. The lowest BCUT2D eigenvalue weighted by Crippen LogP contribution is -2.43. The van der Waals surface area contributed by atoms with Crippen molar-refractivity contribution in [2.75, 3.05) is 12.3 Å². The number of fused-ring (bicyclic) bond motifs is 1. The average molecular weight is 456 g/mol. The van der Waals surface area contributed by atoms with Crippen LogP contribution >= 0.6 is 23.1 Å². The molecule has 1 aliphatic rings. The third-order valence-corrected chi connectivity index (χ3v) is 8.46. The molecule has 3 aromatic rings. The second kappa shape index (κ2) is 8.79. The Kier molecular flexibility index (Phi) is 6.26. The lowest BCUT2D eigenvalue weighted by atomic mass is 10.0. The number of aromatic nitrogens is 2. The average Bonchev–Trinajstić information content (AvgIpc) is 3.03. The monoisotopic (exact) mass is 455 g/mol. The van der Waals surface area contributed by atoms with Gasteiger partial charge in [-0.2, -0.15) is 0 Å². The molecule has 1 aromatic carbocycles. The molecule has 1 amide bonds. The van der Waals surface area contributed by atoms with E-state index in [1.165, 1.54) is 18.2 Å². The number of piperidine rings is 1. The number of rotatable bonds is 4. The number of aryl methyl sites for hydroxylation is 3. The summed E-state index contributed by atoms with van der Waals surface area (Å²) in [5.41, 5.74) is 3.95. The molecule has 0 spiro atoms. The summed E-state index contributed by atoms with van der Waals surface area (Å²) in [5.74, 6) is 0.411. The molecule has 0 N–H and O–H groups in total. The van der Waals surface area contributed by atoms with Crippen LogP contribution in [0.15, 0.2) is 28.2 Å². The molecule has 0 radical (unpaired) electrons. The SMILES string of the molecule is Cc1cccc(-n2c(SCC(=O)N3CCCCC3C)nc3sc(C)c(C)c3c2=O)c1C. The second-order valence-corrected chi connectivity index (χ2v) is 10.6. The first-order valence-corrected chi connectivity index (χ1v) is 12.6. The van der Waals surface area contributed by atoms with E-state index in [1.807, 2.05) is 50.8 Å². The minimum Gasteiger partial charge on any atom is -0.339 e. The molecule has 1 atom stereocenters. The van der Waals surface area contributed by atoms with Gasteiger partial charge in [0.2, 0.25) is 5.91 Å². The van der Waals surface area contributed by atoms with Gasteiger partial charge in [0.1, 0.15) is 4.83 Å². The highest BCUT2D eigenvalue weighted by Crippen LogP contribution is 2.31. The highest BCUT2D eigenvalue weighted by Gasteiger charge is 2.25. The number of hydrogen-bond donors (Lipinski definition) is 0. The van der Waals surface area contributed by atoms with Gasteiger partial charge < -0.3 is 4.90 Å². The highest BCUT2D eigenvalue weighted by molar-refractivity contribution is 7.99. The maximum absolute atomic E-state index is 13.7. The third kappa shape index (κ3) is 4.05. The van der Waals surface area contributed by atoms with Gasteiger partial charge in [0.05, 0.1) is 16.8 Å². The Labute approximate surface area is 191 Å². The zero-order valence-corrected chi connectivity index (χ0v) is 20.5. The van der Waals surface area contributed by atoms with E-state index in [0.717, 1.165) is 51.5 Å². The van der Waals surface area contributed by atoms with Gasteiger partial charge in [-0.3, -0.25) is 14.2 Å². The predicted molar refractivity (Wildman–Crippen MR) is 130 cm³/mol. The van der Waals surface area contributed by atoms with E-state index in [1.54, 1.807) is 15.9 Å². The molecule has 4 rings (SSSR count). The van der Waals surface area contributed by atoms with E-state index in [9.17, 15) is 9.59 Å². The van der Waals surface area contributed by atoms with Crippen LogP contribution in [0.25, 0.3) is 15.9 Å². The van der Waals surface area contributed by atoms with E-state index in [2.05, 4.69) is 6.92 Å². The summed E-state index contributed by atoms with van der Waals surface area (Å²) >= 11 is 2.92. The van der Waals surface area contributed by atoms with Crippen LogP contribution in [-0.2, 0) is 4.79 Å². The fourth-order valence-electron chi connectivity index (χ4n) is 4.24. The van der Waals surface area contributed by atoms with Crippen LogP contribution in [0, 0.1) is 27.7 Å². The van der Waals surface area contributed by atoms with Gasteiger partial charge in [0.15, 0.2) is 5.16 Å². The third-order valence-electron chi connectivity index (χ3n) is 6.44. The Morgan fingerprint density at radius 3 is 2.71 bits per heavy atom. The van der Waals surface area contributed by atoms with Crippen molar-refractivity contribution < 1.29 is 4.79 Å². The highest BCUT2D eigenvalue weighted by atomic mass is 32.2. The van der Waals surface area contributed by atoms with E-state index >= 15 is 0 Å². The maximum Gasteiger partial charge on any atom is 0.267 e. The van der Waals surface area contributed by atoms with Crippen LogP contribution < -0.4 is 5.56 Å². The molecule has 7 heteroatoms.